The first-order valence-electron chi connectivity index (χ1n) is 4.71. The van der Waals surface area contributed by atoms with Gasteiger partial charge in [0.2, 0.25) is 15.0 Å². The summed E-state index contributed by atoms with van der Waals surface area (Å²) in [6, 6.07) is 1.29. The van der Waals surface area contributed by atoms with Crippen LogP contribution in [-0.4, -0.2) is 30.5 Å². The molecule has 0 aliphatic carbocycles. The number of aliphatic imine (C=N–C) groups is 1. The van der Waals surface area contributed by atoms with Crippen LogP contribution < -0.4 is 11.5 Å². The molecule has 7 nitrogen and oxygen atoms in total. The third-order valence-electron chi connectivity index (χ3n) is 1.61. The Morgan fingerprint density at radius 1 is 1.44 bits per heavy atom. The maximum Gasteiger partial charge on any atom is 0.250 e. The zero-order valence-electron chi connectivity index (χ0n) is 9.75. The van der Waals surface area contributed by atoms with Crippen LogP contribution in [-0.2, 0) is 9.84 Å². The Balaban J connectivity index is 3.28. The molecule has 1 rings (SSSR count). The van der Waals surface area contributed by atoms with Crippen molar-refractivity contribution in [1.82, 2.24) is 9.97 Å². The van der Waals surface area contributed by atoms with Gasteiger partial charge in [0.05, 0.1) is 0 Å². The lowest BCUT2D eigenvalue weighted by Crippen LogP contribution is -2.10. The first kappa shape index (κ1) is 14.4. The van der Waals surface area contributed by atoms with Gasteiger partial charge in [0.15, 0.2) is 5.82 Å². The summed E-state index contributed by atoms with van der Waals surface area (Å²) < 4.78 is 22.6. The van der Waals surface area contributed by atoms with Crippen LogP contribution >= 0.6 is 11.6 Å². The molecule has 0 radical (unpaired) electrons. The van der Waals surface area contributed by atoms with Gasteiger partial charge in [-0.15, -0.1) is 0 Å². The molecule has 1 aromatic heterocycles. The Morgan fingerprint density at radius 2 is 2.06 bits per heavy atom. The van der Waals surface area contributed by atoms with Crippen molar-refractivity contribution in [2.45, 2.75) is 12.1 Å². The molecule has 18 heavy (non-hydrogen) atoms. The fourth-order valence-corrected chi connectivity index (χ4v) is 1.76. The normalized spacial score (nSPS) is 13.7. The minimum absolute atomic E-state index is 0.0366. The average molecular weight is 290 g/mol. The molecular weight excluding hydrogens is 278 g/mol. The molecule has 9 heteroatoms. The van der Waals surface area contributed by atoms with E-state index in [1.807, 2.05) is 0 Å². The van der Waals surface area contributed by atoms with E-state index >= 15 is 0 Å². The molecule has 0 saturated heterocycles. The van der Waals surface area contributed by atoms with Crippen molar-refractivity contribution in [3.63, 3.8) is 0 Å². The van der Waals surface area contributed by atoms with E-state index < -0.39 is 15.0 Å². The molecular formula is C9H12ClN5O2S. The fourth-order valence-electron chi connectivity index (χ4n) is 1.01. The summed E-state index contributed by atoms with van der Waals surface area (Å²) in [6.07, 6.45) is 2.38. The lowest BCUT2D eigenvalue weighted by Gasteiger charge is -2.00. The average Bonchev–Trinajstić information content (AvgIpc) is 2.13. The fraction of sp³-hybridized carbons (Fsp3) is 0.222. The van der Waals surface area contributed by atoms with Gasteiger partial charge < -0.3 is 11.5 Å². The predicted molar refractivity (Wildman–Crippen MR) is 69.4 cm³/mol. The maximum absolute atomic E-state index is 11.3. The summed E-state index contributed by atoms with van der Waals surface area (Å²) in [5, 5.41) is -0.444. The highest BCUT2D eigenvalue weighted by Gasteiger charge is 2.13. The van der Waals surface area contributed by atoms with Crippen LogP contribution in [0.3, 0.4) is 0 Å². The van der Waals surface area contributed by atoms with Crippen molar-refractivity contribution < 1.29 is 8.42 Å². The Bertz CT molecular complexity index is 620. The summed E-state index contributed by atoms with van der Waals surface area (Å²) in [6.45, 7) is 1.64. The van der Waals surface area contributed by atoms with Crippen molar-refractivity contribution in [2.24, 2.45) is 16.5 Å². The monoisotopic (exact) mass is 289 g/mol. The predicted octanol–water partition coefficient (Wildman–Crippen LogP) is 0.385. The van der Waals surface area contributed by atoms with Crippen LogP contribution in [0.25, 0.3) is 0 Å². The van der Waals surface area contributed by atoms with Crippen LogP contribution in [0, 0.1) is 0 Å². The van der Waals surface area contributed by atoms with Gasteiger partial charge in [-0.2, -0.15) is 4.98 Å². The van der Waals surface area contributed by atoms with E-state index in [-0.39, 0.29) is 16.8 Å². The largest absolute Gasteiger partial charge is 0.402 e. The van der Waals surface area contributed by atoms with Crippen LogP contribution in [0.15, 0.2) is 28.0 Å². The molecule has 0 aromatic carbocycles. The first-order chi connectivity index (χ1) is 8.18. The molecule has 0 aliphatic heterocycles. The van der Waals surface area contributed by atoms with Crippen LogP contribution in [0.1, 0.15) is 6.92 Å². The van der Waals surface area contributed by atoms with Gasteiger partial charge >= 0.3 is 0 Å². The Morgan fingerprint density at radius 3 is 2.56 bits per heavy atom. The van der Waals surface area contributed by atoms with E-state index in [4.69, 9.17) is 23.1 Å². The number of sulfone groups is 1. The molecule has 1 heterocycles. The molecule has 0 saturated carbocycles. The molecule has 0 atom stereocenters. The van der Waals surface area contributed by atoms with E-state index in [0.29, 0.717) is 5.70 Å². The summed E-state index contributed by atoms with van der Waals surface area (Å²) >= 11 is 5.68. The van der Waals surface area contributed by atoms with Crippen LogP contribution in [0.2, 0.25) is 5.15 Å². The molecule has 1 aromatic rings. The number of allylic oxidation sites excluding steroid dienone is 1. The van der Waals surface area contributed by atoms with E-state index in [2.05, 4.69) is 15.0 Å². The van der Waals surface area contributed by atoms with Crippen molar-refractivity contribution in [2.75, 3.05) is 6.26 Å². The van der Waals surface area contributed by atoms with E-state index in [1.165, 1.54) is 12.1 Å². The van der Waals surface area contributed by atoms with Crippen molar-refractivity contribution in [3.05, 3.63) is 23.0 Å². The molecule has 98 valence electrons. The highest BCUT2D eigenvalue weighted by atomic mass is 35.5. The van der Waals surface area contributed by atoms with Crippen molar-refractivity contribution in [3.8, 4) is 0 Å². The molecule has 4 N–H and O–H groups in total. The second-order valence-corrected chi connectivity index (χ2v) is 5.83. The highest BCUT2D eigenvalue weighted by Crippen LogP contribution is 2.16. The smallest absolute Gasteiger partial charge is 0.250 e. The highest BCUT2D eigenvalue weighted by molar-refractivity contribution is 7.90. The maximum atomic E-state index is 11.3. The quantitative estimate of drug-likeness (QED) is 0.359. The number of halogens is 1. The number of nitrogens with two attached hydrogens (primary N) is 2. The van der Waals surface area contributed by atoms with Gasteiger partial charge in [-0.1, -0.05) is 11.6 Å². The summed E-state index contributed by atoms with van der Waals surface area (Å²) in [5.41, 5.74) is 11.4. The topological polar surface area (TPSA) is 124 Å². The van der Waals surface area contributed by atoms with E-state index in [0.717, 1.165) is 6.26 Å². The zero-order valence-corrected chi connectivity index (χ0v) is 11.3. The number of nitrogens with zero attached hydrogens (tertiary/aromatic N) is 3. The minimum atomic E-state index is -3.56. The summed E-state index contributed by atoms with van der Waals surface area (Å²) in [5.74, 6) is 0.134. The Kier molecular flexibility index (Phi) is 4.25. The van der Waals surface area contributed by atoms with Gasteiger partial charge in [0.25, 0.3) is 0 Å². The molecule has 0 spiro atoms. The number of hydrogen-bond acceptors (Lipinski definition) is 6. The zero-order chi connectivity index (χ0) is 13.9. The standard InChI is InChI=1S/C9H12ClN5O2S/c1-5(11)3-7(12)14-8-4-6(10)13-9(15-8)18(2,16)17/h3-4H,11H2,1-2H3,(H2,12,13,14,15). The van der Waals surface area contributed by atoms with Gasteiger partial charge in [-0.3, -0.25) is 0 Å². The molecule has 0 unspecified atom stereocenters. The van der Waals surface area contributed by atoms with Crippen LogP contribution in [0.4, 0.5) is 5.82 Å². The number of hydrogen-bond donors (Lipinski definition) is 2. The van der Waals surface area contributed by atoms with E-state index in [9.17, 15) is 8.42 Å². The molecule has 0 amide bonds. The molecule has 0 aliphatic rings. The molecule has 0 fully saturated rings. The number of rotatable bonds is 3. The SMILES string of the molecule is CC(N)=CC(N)=Nc1cc(Cl)nc(S(C)(=O)=O)n1. The summed E-state index contributed by atoms with van der Waals surface area (Å²) in [7, 11) is -3.56. The summed E-state index contributed by atoms with van der Waals surface area (Å²) in [4.78, 5) is 11.2. The lowest BCUT2D eigenvalue weighted by molar-refractivity contribution is 0.593. The van der Waals surface area contributed by atoms with Gasteiger partial charge in [-0.05, 0) is 13.0 Å². The van der Waals surface area contributed by atoms with Crippen molar-refractivity contribution in [1.29, 1.82) is 0 Å². The van der Waals surface area contributed by atoms with Gasteiger partial charge in [-0.25, -0.2) is 18.4 Å². The Hall–Kier alpha value is -1.67. The third kappa shape index (κ3) is 4.30. The second kappa shape index (κ2) is 5.32. The first-order valence-corrected chi connectivity index (χ1v) is 6.98. The third-order valence-corrected chi connectivity index (χ3v) is 2.65. The van der Waals surface area contributed by atoms with Crippen molar-refractivity contribution >= 4 is 33.1 Å². The van der Waals surface area contributed by atoms with Gasteiger partial charge in [0, 0.05) is 18.0 Å². The Labute approximate surface area is 110 Å². The number of aromatic nitrogens is 2. The number of amidine groups is 1. The van der Waals surface area contributed by atoms with E-state index in [1.54, 1.807) is 6.92 Å². The van der Waals surface area contributed by atoms with Gasteiger partial charge in [0.1, 0.15) is 11.0 Å². The van der Waals surface area contributed by atoms with Crippen LogP contribution in [0.5, 0.6) is 0 Å². The lowest BCUT2D eigenvalue weighted by atomic mass is 10.4. The second-order valence-electron chi connectivity index (χ2n) is 3.53. The minimum Gasteiger partial charge on any atom is -0.402 e. The molecule has 0 bridgehead atoms.